The first-order chi connectivity index (χ1) is 9.17. The summed E-state index contributed by atoms with van der Waals surface area (Å²) in [6.07, 6.45) is 1.29. The highest BCUT2D eigenvalue weighted by molar-refractivity contribution is 5.76. The second-order valence-corrected chi connectivity index (χ2v) is 4.90. The van der Waals surface area contributed by atoms with Crippen LogP contribution in [0.1, 0.15) is 25.3 Å². The standard InChI is InChI=1S/C15H24N2O2/c1-13(11-16)7-8-15(19)17(9-10-18)12-14-5-3-2-4-6-14/h2-6,13,18H,7-12,16H2,1H3. The maximum atomic E-state index is 12.1. The Balaban J connectivity index is 2.54. The summed E-state index contributed by atoms with van der Waals surface area (Å²) in [4.78, 5) is 13.8. The van der Waals surface area contributed by atoms with E-state index in [1.807, 2.05) is 37.3 Å². The van der Waals surface area contributed by atoms with Crippen LogP contribution < -0.4 is 5.73 Å². The van der Waals surface area contributed by atoms with E-state index in [9.17, 15) is 4.79 Å². The number of carbonyl (C=O) groups is 1. The minimum atomic E-state index is -0.00891. The van der Waals surface area contributed by atoms with E-state index < -0.39 is 0 Å². The third-order valence-electron chi connectivity index (χ3n) is 3.19. The lowest BCUT2D eigenvalue weighted by Gasteiger charge is -2.22. The van der Waals surface area contributed by atoms with Crippen LogP contribution in [0.15, 0.2) is 30.3 Å². The van der Waals surface area contributed by atoms with Crippen molar-refractivity contribution in [3.63, 3.8) is 0 Å². The van der Waals surface area contributed by atoms with E-state index >= 15 is 0 Å². The molecule has 4 heteroatoms. The Morgan fingerprint density at radius 3 is 2.63 bits per heavy atom. The van der Waals surface area contributed by atoms with Crippen LogP contribution in [0.4, 0.5) is 0 Å². The molecule has 1 rings (SSSR count). The first-order valence-corrected chi connectivity index (χ1v) is 6.80. The smallest absolute Gasteiger partial charge is 0.222 e. The Morgan fingerprint density at radius 1 is 1.37 bits per heavy atom. The number of hydrogen-bond donors (Lipinski definition) is 2. The summed E-state index contributed by atoms with van der Waals surface area (Å²) in [6, 6.07) is 9.83. The zero-order valence-corrected chi connectivity index (χ0v) is 11.6. The minimum absolute atomic E-state index is 0.00891. The van der Waals surface area contributed by atoms with Crippen molar-refractivity contribution >= 4 is 5.91 Å². The maximum Gasteiger partial charge on any atom is 0.222 e. The second-order valence-electron chi connectivity index (χ2n) is 4.90. The highest BCUT2D eigenvalue weighted by atomic mass is 16.3. The van der Waals surface area contributed by atoms with Crippen LogP contribution in [0.5, 0.6) is 0 Å². The summed E-state index contributed by atoms with van der Waals surface area (Å²) >= 11 is 0. The summed E-state index contributed by atoms with van der Waals surface area (Å²) in [7, 11) is 0. The molecule has 1 aromatic rings. The quantitative estimate of drug-likeness (QED) is 0.745. The molecule has 106 valence electrons. The number of aliphatic hydroxyl groups is 1. The highest BCUT2D eigenvalue weighted by Gasteiger charge is 2.14. The SMILES string of the molecule is CC(CN)CCC(=O)N(CCO)Cc1ccccc1. The monoisotopic (exact) mass is 264 g/mol. The Labute approximate surface area is 115 Å². The van der Waals surface area contributed by atoms with E-state index in [4.69, 9.17) is 10.8 Å². The average Bonchev–Trinajstić information content (AvgIpc) is 2.45. The molecular formula is C15H24N2O2. The molecule has 1 aromatic carbocycles. The summed E-state index contributed by atoms with van der Waals surface area (Å²) < 4.78 is 0. The lowest BCUT2D eigenvalue weighted by atomic mass is 10.1. The van der Waals surface area contributed by atoms with Gasteiger partial charge in [-0.1, -0.05) is 37.3 Å². The molecular weight excluding hydrogens is 240 g/mol. The molecule has 0 radical (unpaired) electrons. The molecule has 1 atom stereocenters. The second kappa shape index (κ2) is 8.67. The van der Waals surface area contributed by atoms with Gasteiger partial charge in [-0.2, -0.15) is 0 Å². The van der Waals surface area contributed by atoms with Crippen LogP contribution in [-0.2, 0) is 11.3 Å². The Kier molecular flexibility index (Phi) is 7.15. The van der Waals surface area contributed by atoms with Crippen LogP contribution in [0.25, 0.3) is 0 Å². The van der Waals surface area contributed by atoms with Gasteiger partial charge in [-0.15, -0.1) is 0 Å². The molecule has 0 aliphatic heterocycles. The summed E-state index contributed by atoms with van der Waals surface area (Å²) in [5, 5.41) is 9.07. The van der Waals surface area contributed by atoms with Crippen LogP contribution in [0, 0.1) is 5.92 Å². The van der Waals surface area contributed by atoms with E-state index in [1.165, 1.54) is 0 Å². The predicted octanol–water partition coefficient (Wildman–Crippen LogP) is 1.38. The lowest BCUT2D eigenvalue weighted by Crippen LogP contribution is -2.33. The van der Waals surface area contributed by atoms with Crippen LogP contribution in [0.3, 0.4) is 0 Å². The van der Waals surface area contributed by atoms with Gasteiger partial charge in [0, 0.05) is 19.5 Å². The summed E-state index contributed by atoms with van der Waals surface area (Å²) in [6.45, 7) is 3.57. The maximum absolute atomic E-state index is 12.1. The topological polar surface area (TPSA) is 66.6 Å². The number of carbonyl (C=O) groups excluding carboxylic acids is 1. The molecule has 1 unspecified atom stereocenters. The fourth-order valence-electron chi connectivity index (χ4n) is 1.86. The predicted molar refractivity (Wildman–Crippen MR) is 76.4 cm³/mol. The van der Waals surface area contributed by atoms with Crippen LogP contribution in [0.2, 0.25) is 0 Å². The molecule has 19 heavy (non-hydrogen) atoms. The third-order valence-corrected chi connectivity index (χ3v) is 3.19. The van der Waals surface area contributed by atoms with Gasteiger partial charge in [0.25, 0.3) is 0 Å². The third kappa shape index (κ3) is 5.85. The molecule has 0 saturated carbocycles. The van der Waals surface area contributed by atoms with Gasteiger partial charge >= 0.3 is 0 Å². The molecule has 3 N–H and O–H groups in total. The normalized spacial score (nSPS) is 12.2. The first kappa shape index (κ1) is 15.7. The number of aliphatic hydroxyl groups excluding tert-OH is 1. The zero-order valence-electron chi connectivity index (χ0n) is 11.6. The fraction of sp³-hybridized carbons (Fsp3) is 0.533. The number of benzene rings is 1. The first-order valence-electron chi connectivity index (χ1n) is 6.80. The van der Waals surface area contributed by atoms with E-state index in [0.29, 0.717) is 32.0 Å². The van der Waals surface area contributed by atoms with Crippen molar-refractivity contribution in [1.82, 2.24) is 4.90 Å². The minimum Gasteiger partial charge on any atom is -0.395 e. The van der Waals surface area contributed by atoms with Crippen molar-refractivity contribution < 1.29 is 9.90 Å². The number of nitrogens with zero attached hydrogens (tertiary/aromatic N) is 1. The van der Waals surface area contributed by atoms with Crippen molar-refractivity contribution in [3.05, 3.63) is 35.9 Å². The number of amides is 1. The molecule has 0 aliphatic carbocycles. The molecule has 4 nitrogen and oxygen atoms in total. The fourth-order valence-corrected chi connectivity index (χ4v) is 1.86. The van der Waals surface area contributed by atoms with E-state index in [-0.39, 0.29) is 12.5 Å². The summed E-state index contributed by atoms with van der Waals surface area (Å²) in [5.74, 6) is 0.440. The van der Waals surface area contributed by atoms with E-state index in [2.05, 4.69) is 0 Å². The number of nitrogens with two attached hydrogens (primary N) is 1. The molecule has 0 bridgehead atoms. The van der Waals surface area contributed by atoms with Gasteiger partial charge in [0.15, 0.2) is 0 Å². The van der Waals surface area contributed by atoms with Crippen LogP contribution >= 0.6 is 0 Å². The molecule has 0 fully saturated rings. The Morgan fingerprint density at radius 2 is 2.05 bits per heavy atom. The van der Waals surface area contributed by atoms with Gasteiger partial charge in [-0.25, -0.2) is 0 Å². The van der Waals surface area contributed by atoms with E-state index in [0.717, 1.165) is 12.0 Å². The molecule has 1 amide bonds. The van der Waals surface area contributed by atoms with Gasteiger partial charge in [-0.05, 0) is 24.4 Å². The molecule has 0 saturated heterocycles. The largest absolute Gasteiger partial charge is 0.395 e. The van der Waals surface area contributed by atoms with Crippen molar-refractivity contribution in [2.45, 2.75) is 26.3 Å². The number of hydrogen-bond acceptors (Lipinski definition) is 3. The Hall–Kier alpha value is -1.39. The molecule has 0 aromatic heterocycles. The zero-order chi connectivity index (χ0) is 14.1. The molecule has 0 heterocycles. The Bertz CT molecular complexity index is 368. The lowest BCUT2D eigenvalue weighted by molar-refractivity contribution is -0.132. The van der Waals surface area contributed by atoms with Gasteiger partial charge in [0.2, 0.25) is 5.91 Å². The van der Waals surface area contributed by atoms with Crippen molar-refractivity contribution in [3.8, 4) is 0 Å². The highest BCUT2D eigenvalue weighted by Crippen LogP contribution is 2.10. The van der Waals surface area contributed by atoms with Crippen LogP contribution in [-0.4, -0.2) is 35.6 Å². The van der Waals surface area contributed by atoms with Crippen molar-refractivity contribution in [2.24, 2.45) is 11.7 Å². The van der Waals surface area contributed by atoms with Gasteiger partial charge < -0.3 is 15.7 Å². The van der Waals surface area contributed by atoms with Crippen molar-refractivity contribution in [2.75, 3.05) is 19.7 Å². The van der Waals surface area contributed by atoms with Crippen molar-refractivity contribution in [1.29, 1.82) is 0 Å². The molecule has 0 spiro atoms. The molecule has 0 aliphatic rings. The van der Waals surface area contributed by atoms with Gasteiger partial charge in [-0.3, -0.25) is 4.79 Å². The van der Waals surface area contributed by atoms with Gasteiger partial charge in [0.05, 0.1) is 6.61 Å². The average molecular weight is 264 g/mol. The number of rotatable bonds is 8. The summed E-state index contributed by atoms with van der Waals surface area (Å²) in [5.41, 5.74) is 6.63. The van der Waals surface area contributed by atoms with Gasteiger partial charge in [0.1, 0.15) is 0 Å². The van der Waals surface area contributed by atoms with E-state index in [1.54, 1.807) is 4.90 Å².